The van der Waals surface area contributed by atoms with Gasteiger partial charge in [0.25, 0.3) is 0 Å². The maximum atomic E-state index is 11.6. The van der Waals surface area contributed by atoms with Crippen LogP contribution in [0.5, 0.6) is 11.5 Å². The predicted octanol–water partition coefficient (Wildman–Crippen LogP) is 3.34. The van der Waals surface area contributed by atoms with Crippen LogP contribution in [0.4, 0.5) is 11.4 Å². The van der Waals surface area contributed by atoms with E-state index >= 15 is 0 Å². The summed E-state index contributed by atoms with van der Waals surface area (Å²) in [7, 11) is 1.61. The van der Waals surface area contributed by atoms with E-state index in [0.717, 1.165) is 0 Å². The first-order valence-corrected chi connectivity index (χ1v) is 7.44. The monoisotopic (exact) mass is 337 g/mol. The standard InChI is InChI=1S/C18H15N3O4/c1-20-11-12(7-10-16(20)22)14-8-9-15(19)17(21(23)24)18(14)25-13-5-3-2-4-6-13/h2-11H,19H2,1H3. The topological polar surface area (TPSA) is 100 Å². The Bertz CT molecular complexity index is 997. The van der Waals surface area contributed by atoms with Gasteiger partial charge >= 0.3 is 5.69 Å². The number of nitrogens with zero attached hydrogens (tertiary/aromatic N) is 2. The van der Waals surface area contributed by atoms with Crippen molar-refractivity contribution in [3.8, 4) is 22.6 Å². The molecule has 0 aliphatic heterocycles. The fraction of sp³-hybridized carbons (Fsp3) is 0.0556. The van der Waals surface area contributed by atoms with E-state index in [1.54, 1.807) is 49.6 Å². The summed E-state index contributed by atoms with van der Waals surface area (Å²) in [4.78, 5) is 22.6. The Morgan fingerprint density at radius 2 is 1.80 bits per heavy atom. The zero-order valence-electron chi connectivity index (χ0n) is 13.4. The van der Waals surface area contributed by atoms with Crippen LogP contribution < -0.4 is 16.0 Å². The van der Waals surface area contributed by atoms with E-state index in [0.29, 0.717) is 16.9 Å². The number of rotatable bonds is 4. The molecule has 0 aliphatic carbocycles. The van der Waals surface area contributed by atoms with Gasteiger partial charge in [-0.1, -0.05) is 18.2 Å². The summed E-state index contributed by atoms with van der Waals surface area (Å²) >= 11 is 0. The minimum Gasteiger partial charge on any atom is -0.449 e. The molecule has 1 heterocycles. The molecule has 0 spiro atoms. The third kappa shape index (κ3) is 3.20. The van der Waals surface area contributed by atoms with Gasteiger partial charge in [0.2, 0.25) is 11.3 Å². The molecule has 0 bridgehead atoms. The molecule has 2 N–H and O–H groups in total. The van der Waals surface area contributed by atoms with Crippen molar-refractivity contribution in [2.24, 2.45) is 7.05 Å². The van der Waals surface area contributed by atoms with Gasteiger partial charge in [-0.3, -0.25) is 14.9 Å². The number of anilines is 1. The molecule has 7 heteroatoms. The lowest BCUT2D eigenvalue weighted by atomic mass is 10.0. The van der Waals surface area contributed by atoms with Crippen LogP contribution in [-0.4, -0.2) is 9.49 Å². The molecular formula is C18H15N3O4. The van der Waals surface area contributed by atoms with Crippen molar-refractivity contribution in [3.63, 3.8) is 0 Å². The van der Waals surface area contributed by atoms with Gasteiger partial charge in [0.05, 0.1) is 4.92 Å². The molecule has 2 aromatic carbocycles. The number of nitro groups is 1. The number of ether oxygens (including phenoxy) is 1. The summed E-state index contributed by atoms with van der Waals surface area (Å²) in [6.45, 7) is 0. The highest BCUT2D eigenvalue weighted by Gasteiger charge is 2.25. The molecule has 25 heavy (non-hydrogen) atoms. The van der Waals surface area contributed by atoms with Crippen molar-refractivity contribution in [2.75, 3.05) is 5.73 Å². The van der Waals surface area contributed by atoms with Gasteiger partial charge in [0.1, 0.15) is 11.4 Å². The minimum atomic E-state index is -0.570. The Labute approximate surface area is 143 Å². The number of para-hydroxylation sites is 1. The van der Waals surface area contributed by atoms with Crippen molar-refractivity contribution < 1.29 is 9.66 Å². The molecule has 0 unspecified atom stereocenters. The molecule has 0 fully saturated rings. The molecule has 126 valence electrons. The minimum absolute atomic E-state index is 0.00417. The van der Waals surface area contributed by atoms with Crippen LogP contribution in [0.15, 0.2) is 65.6 Å². The molecule has 3 rings (SSSR count). The number of benzene rings is 2. The first kappa shape index (κ1) is 16.3. The molecule has 0 amide bonds. The average Bonchev–Trinajstić information content (AvgIpc) is 2.58. The fourth-order valence-electron chi connectivity index (χ4n) is 2.46. The van der Waals surface area contributed by atoms with Crippen LogP contribution in [0.25, 0.3) is 11.1 Å². The molecule has 0 saturated carbocycles. The van der Waals surface area contributed by atoms with Crippen molar-refractivity contribution in [2.45, 2.75) is 0 Å². The van der Waals surface area contributed by atoms with Crippen LogP contribution in [-0.2, 0) is 7.05 Å². The van der Waals surface area contributed by atoms with Gasteiger partial charge in [0.15, 0.2) is 0 Å². The number of nitro benzene ring substituents is 1. The summed E-state index contributed by atoms with van der Waals surface area (Å²) in [6.07, 6.45) is 1.59. The van der Waals surface area contributed by atoms with Crippen molar-refractivity contribution in [1.29, 1.82) is 0 Å². The number of aromatic nitrogens is 1. The number of hydrogen-bond donors (Lipinski definition) is 1. The molecule has 0 aliphatic rings. The lowest BCUT2D eigenvalue weighted by Crippen LogP contribution is -2.14. The smallest absolute Gasteiger partial charge is 0.334 e. The molecule has 3 aromatic rings. The van der Waals surface area contributed by atoms with Gasteiger partial charge < -0.3 is 15.0 Å². The Balaban J connectivity index is 2.24. The van der Waals surface area contributed by atoms with E-state index in [1.807, 2.05) is 6.07 Å². The number of aryl methyl sites for hydroxylation is 1. The molecule has 0 saturated heterocycles. The van der Waals surface area contributed by atoms with Gasteiger partial charge in [-0.15, -0.1) is 0 Å². The van der Waals surface area contributed by atoms with Gasteiger partial charge in [0, 0.05) is 30.4 Å². The van der Waals surface area contributed by atoms with Gasteiger partial charge in [-0.25, -0.2) is 0 Å². The van der Waals surface area contributed by atoms with E-state index < -0.39 is 4.92 Å². The van der Waals surface area contributed by atoms with E-state index in [9.17, 15) is 14.9 Å². The van der Waals surface area contributed by atoms with Crippen molar-refractivity contribution in [3.05, 3.63) is 81.3 Å². The summed E-state index contributed by atoms with van der Waals surface area (Å²) in [5.74, 6) is 0.483. The maximum Gasteiger partial charge on any atom is 0.334 e. The molecule has 0 radical (unpaired) electrons. The first-order valence-electron chi connectivity index (χ1n) is 7.44. The van der Waals surface area contributed by atoms with Crippen LogP contribution in [0.3, 0.4) is 0 Å². The normalized spacial score (nSPS) is 10.4. The van der Waals surface area contributed by atoms with Gasteiger partial charge in [-0.2, -0.15) is 0 Å². The number of nitrogen functional groups attached to an aromatic ring is 1. The molecule has 0 atom stereocenters. The number of pyridine rings is 1. The quantitative estimate of drug-likeness (QED) is 0.447. The summed E-state index contributed by atoms with van der Waals surface area (Å²) in [5.41, 5.74) is 6.39. The number of hydrogen-bond acceptors (Lipinski definition) is 5. The molecule has 7 nitrogen and oxygen atoms in total. The highest BCUT2D eigenvalue weighted by atomic mass is 16.6. The zero-order chi connectivity index (χ0) is 18.0. The Kier molecular flexibility index (Phi) is 4.21. The maximum absolute atomic E-state index is 11.6. The van der Waals surface area contributed by atoms with E-state index in [2.05, 4.69) is 0 Å². The van der Waals surface area contributed by atoms with E-state index in [-0.39, 0.29) is 22.7 Å². The first-order chi connectivity index (χ1) is 12.0. The number of nitrogens with two attached hydrogens (primary N) is 1. The molecule has 1 aromatic heterocycles. The second-order valence-corrected chi connectivity index (χ2v) is 5.42. The van der Waals surface area contributed by atoms with E-state index in [4.69, 9.17) is 10.5 Å². The SMILES string of the molecule is Cn1cc(-c2ccc(N)c([N+](=O)[O-])c2Oc2ccccc2)ccc1=O. The Morgan fingerprint density at radius 1 is 1.08 bits per heavy atom. The van der Waals surface area contributed by atoms with Crippen LogP contribution in [0.2, 0.25) is 0 Å². The Hall–Kier alpha value is -3.61. The third-order valence-electron chi connectivity index (χ3n) is 3.71. The zero-order valence-corrected chi connectivity index (χ0v) is 13.4. The Morgan fingerprint density at radius 3 is 2.44 bits per heavy atom. The average molecular weight is 337 g/mol. The lowest BCUT2D eigenvalue weighted by molar-refractivity contribution is -0.384. The fourth-order valence-corrected chi connectivity index (χ4v) is 2.46. The van der Waals surface area contributed by atoms with Crippen molar-refractivity contribution in [1.82, 2.24) is 4.57 Å². The third-order valence-corrected chi connectivity index (χ3v) is 3.71. The van der Waals surface area contributed by atoms with E-state index in [1.165, 1.54) is 16.7 Å². The second kappa shape index (κ2) is 6.48. The largest absolute Gasteiger partial charge is 0.449 e. The van der Waals surface area contributed by atoms with Crippen LogP contribution >= 0.6 is 0 Å². The van der Waals surface area contributed by atoms with Gasteiger partial charge in [-0.05, 0) is 30.3 Å². The van der Waals surface area contributed by atoms with Crippen LogP contribution in [0, 0.1) is 10.1 Å². The summed E-state index contributed by atoms with van der Waals surface area (Å²) < 4.78 is 7.19. The van der Waals surface area contributed by atoms with Crippen molar-refractivity contribution >= 4 is 11.4 Å². The highest BCUT2D eigenvalue weighted by molar-refractivity contribution is 5.81. The molecular weight excluding hydrogens is 322 g/mol. The lowest BCUT2D eigenvalue weighted by Gasteiger charge is -2.13. The summed E-state index contributed by atoms with van der Waals surface area (Å²) in [6, 6.07) is 14.8. The highest BCUT2D eigenvalue weighted by Crippen LogP contribution is 2.43. The van der Waals surface area contributed by atoms with Crippen LogP contribution in [0.1, 0.15) is 0 Å². The summed E-state index contributed by atoms with van der Waals surface area (Å²) in [5, 5.41) is 11.5. The predicted molar refractivity (Wildman–Crippen MR) is 94.7 cm³/mol. The second-order valence-electron chi connectivity index (χ2n) is 5.42.